The fourth-order valence-corrected chi connectivity index (χ4v) is 4.22. The van der Waals surface area contributed by atoms with E-state index < -0.39 is 5.72 Å². The highest BCUT2D eigenvalue weighted by molar-refractivity contribution is 6.00. The van der Waals surface area contributed by atoms with Crippen LogP contribution in [-0.2, 0) is 17.1 Å². The van der Waals surface area contributed by atoms with Gasteiger partial charge in [-0.25, -0.2) is 4.98 Å². The quantitative estimate of drug-likeness (QED) is 0.437. The molecule has 1 aromatic heterocycles. The minimum atomic E-state index is -1.65. The Morgan fingerprint density at radius 3 is 2.58 bits per heavy atom. The molecule has 3 N–H and O–H groups in total. The lowest BCUT2D eigenvalue weighted by atomic mass is 9.93. The molecule has 1 aliphatic rings. The lowest BCUT2D eigenvalue weighted by molar-refractivity contribution is -0.118. The molecule has 1 aliphatic heterocycles. The van der Waals surface area contributed by atoms with Gasteiger partial charge in [0.1, 0.15) is 0 Å². The molecule has 1 unspecified atom stereocenters. The molecule has 0 aliphatic carbocycles. The van der Waals surface area contributed by atoms with Gasteiger partial charge in [-0.1, -0.05) is 68.4 Å². The van der Waals surface area contributed by atoms with Crippen molar-refractivity contribution in [3.63, 3.8) is 0 Å². The van der Waals surface area contributed by atoms with E-state index in [1.165, 1.54) is 4.90 Å². The standard InChI is InChI=1S/C26H24N4O3/c1-16(2)23(31)29-25-27-21-13-12-18(14-22(21)28-25)26(33)20-11-7-6-10-19(20)24(32)30(26)15-17-8-4-3-5-9-17/h3-14,16,33H,15H2,1-2H3,(H2,27,28,29,31). The Kier molecular flexibility index (Phi) is 4.98. The normalized spacial score (nSPS) is 17.6. The zero-order valence-corrected chi connectivity index (χ0v) is 18.4. The van der Waals surface area contributed by atoms with Crippen molar-refractivity contribution in [1.29, 1.82) is 0 Å². The van der Waals surface area contributed by atoms with Crippen molar-refractivity contribution in [1.82, 2.24) is 14.9 Å². The fourth-order valence-electron chi connectivity index (χ4n) is 4.22. The van der Waals surface area contributed by atoms with Gasteiger partial charge in [0, 0.05) is 29.2 Å². The molecular weight excluding hydrogens is 416 g/mol. The Morgan fingerprint density at radius 1 is 1.09 bits per heavy atom. The lowest BCUT2D eigenvalue weighted by Gasteiger charge is -2.35. The number of rotatable bonds is 5. The minimum absolute atomic E-state index is 0.141. The first-order valence-electron chi connectivity index (χ1n) is 10.9. The zero-order chi connectivity index (χ0) is 23.2. The molecule has 0 saturated heterocycles. The number of H-pyrrole nitrogens is 1. The van der Waals surface area contributed by atoms with Gasteiger partial charge in [-0.15, -0.1) is 0 Å². The van der Waals surface area contributed by atoms with Gasteiger partial charge < -0.3 is 10.1 Å². The van der Waals surface area contributed by atoms with E-state index in [-0.39, 0.29) is 24.3 Å². The Hall–Kier alpha value is -3.97. The number of hydrogen-bond acceptors (Lipinski definition) is 4. The summed E-state index contributed by atoms with van der Waals surface area (Å²) >= 11 is 0. The predicted octanol–water partition coefficient (Wildman–Crippen LogP) is 4.01. The van der Waals surface area contributed by atoms with Gasteiger partial charge in [0.15, 0.2) is 5.72 Å². The van der Waals surface area contributed by atoms with Crippen molar-refractivity contribution in [3.05, 3.63) is 95.1 Å². The van der Waals surface area contributed by atoms with E-state index in [0.29, 0.717) is 33.7 Å². The van der Waals surface area contributed by atoms with E-state index >= 15 is 0 Å². The molecule has 4 aromatic rings. The monoisotopic (exact) mass is 440 g/mol. The van der Waals surface area contributed by atoms with Crippen LogP contribution in [0.5, 0.6) is 0 Å². The Bertz CT molecular complexity index is 1360. The first-order valence-corrected chi connectivity index (χ1v) is 10.9. The molecule has 7 heteroatoms. The fraction of sp³-hybridized carbons (Fsp3) is 0.192. The predicted molar refractivity (Wildman–Crippen MR) is 125 cm³/mol. The highest BCUT2D eigenvalue weighted by Crippen LogP contribution is 2.43. The third-order valence-electron chi connectivity index (χ3n) is 6.00. The van der Waals surface area contributed by atoms with Gasteiger partial charge in [0.25, 0.3) is 5.91 Å². The van der Waals surface area contributed by atoms with Crippen LogP contribution in [0, 0.1) is 5.92 Å². The number of fused-ring (bicyclic) bond motifs is 2. The second-order valence-corrected chi connectivity index (χ2v) is 8.56. The van der Waals surface area contributed by atoms with Crippen LogP contribution < -0.4 is 5.32 Å². The van der Waals surface area contributed by atoms with Crippen molar-refractivity contribution < 1.29 is 14.7 Å². The van der Waals surface area contributed by atoms with Crippen molar-refractivity contribution >= 4 is 28.8 Å². The van der Waals surface area contributed by atoms with E-state index in [0.717, 1.165) is 5.56 Å². The van der Waals surface area contributed by atoms with Crippen molar-refractivity contribution in [2.24, 2.45) is 5.92 Å². The summed E-state index contributed by atoms with van der Waals surface area (Å²) in [5.74, 6) is -0.206. The smallest absolute Gasteiger partial charge is 0.257 e. The van der Waals surface area contributed by atoms with Crippen LogP contribution in [0.15, 0.2) is 72.8 Å². The number of anilines is 1. The number of nitrogens with zero attached hydrogens (tertiary/aromatic N) is 2. The average molecular weight is 441 g/mol. The summed E-state index contributed by atoms with van der Waals surface area (Å²) in [6.45, 7) is 3.87. The zero-order valence-electron chi connectivity index (χ0n) is 18.4. The molecule has 2 amide bonds. The van der Waals surface area contributed by atoms with Crippen LogP contribution in [0.1, 0.15) is 40.9 Å². The van der Waals surface area contributed by atoms with E-state index in [2.05, 4.69) is 15.3 Å². The summed E-state index contributed by atoms with van der Waals surface area (Å²) in [7, 11) is 0. The summed E-state index contributed by atoms with van der Waals surface area (Å²) in [4.78, 5) is 34.4. The summed E-state index contributed by atoms with van der Waals surface area (Å²) < 4.78 is 0. The van der Waals surface area contributed by atoms with E-state index in [1.54, 1.807) is 36.4 Å². The highest BCUT2D eigenvalue weighted by atomic mass is 16.3. The third kappa shape index (κ3) is 3.47. The molecule has 0 saturated carbocycles. The maximum atomic E-state index is 13.3. The van der Waals surface area contributed by atoms with Crippen LogP contribution >= 0.6 is 0 Å². The second kappa shape index (κ2) is 7.86. The highest BCUT2D eigenvalue weighted by Gasteiger charge is 2.49. The van der Waals surface area contributed by atoms with Crippen LogP contribution in [0.2, 0.25) is 0 Å². The summed E-state index contributed by atoms with van der Waals surface area (Å²) in [5, 5.41) is 14.9. The van der Waals surface area contributed by atoms with Crippen molar-refractivity contribution in [2.45, 2.75) is 26.1 Å². The molecule has 2 heterocycles. The van der Waals surface area contributed by atoms with Gasteiger partial charge in [-0.05, 0) is 23.8 Å². The minimum Gasteiger partial charge on any atom is -0.363 e. The maximum Gasteiger partial charge on any atom is 0.257 e. The average Bonchev–Trinajstić information content (AvgIpc) is 3.32. The van der Waals surface area contributed by atoms with Crippen molar-refractivity contribution in [3.8, 4) is 0 Å². The van der Waals surface area contributed by atoms with Gasteiger partial charge in [0.05, 0.1) is 11.0 Å². The summed E-state index contributed by atoms with van der Waals surface area (Å²) in [5.41, 5.74) is 2.12. The molecule has 1 atom stereocenters. The molecule has 7 nitrogen and oxygen atoms in total. The van der Waals surface area contributed by atoms with Gasteiger partial charge in [0.2, 0.25) is 11.9 Å². The van der Waals surface area contributed by atoms with E-state index in [4.69, 9.17) is 0 Å². The van der Waals surface area contributed by atoms with Gasteiger partial charge in [-0.2, -0.15) is 0 Å². The molecule has 0 fully saturated rings. The number of benzene rings is 3. The molecule has 33 heavy (non-hydrogen) atoms. The number of aliphatic hydroxyl groups is 1. The van der Waals surface area contributed by atoms with Crippen LogP contribution in [0.4, 0.5) is 5.95 Å². The van der Waals surface area contributed by atoms with Gasteiger partial charge >= 0.3 is 0 Å². The first kappa shape index (κ1) is 20.9. The molecule has 0 bridgehead atoms. The summed E-state index contributed by atoms with van der Waals surface area (Å²) in [6, 6.07) is 22.0. The van der Waals surface area contributed by atoms with E-state index in [9.17, 15) is 14.7 Å². The molecule has 3 aromatic carbocycles. The SMILES string of the molecule is CC(C)C(=O)Nc1nc2ccc(C3(O)c4ccccc4C(=O)N3Cc3ccccc3)cc2[nH]1. The first-order chi connectivity index (χ1) is 15.9. The Balaban J connectivity index is 1.59. The van der Waals surface area contributed by atoms with Crippen LogP contribution in [-0.4, -0.2) is 31.8 Å². The number of aromatic nitrogens is 2. The number of carbonyl (C=O) groups is 2. The molecular formula is C26H24N4O3. The van der Waals surface area contributed by atoms with Crippen molar-refractivity contribution in [2.75, 3.05) is 5.32 Å². The number of amides is 2. The topological polar surface area (TPSA) is 98.3 Å². The molecule has 0 radical (unpaired) electrons. The molecule has 0 spiro atoms. The third-order valence-corrected chi connectivity index (χ3v) is 6.00. The number of imidazole rings is 1. The van der Waals surface area contributed by atoms with Crippen LogP contribution in [0.3, 0.4) is 0 Å². The number of hydrogen-bond donors (Lipinski definition) is 3. The van der Waals surface area contributed by atoms with E-state index in [1.807, 2.05) is 50.2 Å². The maximum absolute atomic E-state index is 13.3. The van der Waals surface area contributed by atoms with Crippen LogP contribution in [0.25, 0.3) is 11.0 Å². The molecule has 5 rings (SSSR count). The lowest BCUT2D eigenvalue weighted by Crippen LogP contribution is -2.44. The number of carbonyl (C=O) groups excluding carboxylic acids is 2. The number of nitrogens with one attached hydrogen (secondary N) is 2. The largest absolute Gasteiger partial charge is 0.363 e. The Labute approximate surface area is 191 Å². The van der Waals surface area contributed by atoms with Gasteiger partial charge in [-0.3, -0.25) is 19.8 Å². The summed E-state index contributed by atoms with van der Waals surface area (Å²) in [6.07, 6.45) is 0. The molecule has 166 valence electrons. The Morgan fingerprint density at radius 2 is 1.82 bits per heavy atom. The second-order valence-electron chi connectivity index (χ2n) is 8.56. The number of aromatic amines is 1.